The Hall–Kier alpha value is -0.830. The molecule has 3 heteroatoms. The summed E-state index contributed by atoms with van der Waals surface area (Å²) in [6, 6.07) is 0. The number of allylic oxidation sites excluding steroid dienone is 1. The molecule has 0 aromatic heterocycles. The highest BCUT2D eigenvalue weighted by Gasteiger charge is 1.97. The Morgan fingerprint density at radius 2 is 2.13 bits per heavy atom. The monoisotopic (exact) mass is 211 g/mol. The van der Waals surface area contributed by atoms with Gasteiger partial charge in [-0.3, -0.25) is 4.99 Å². The molecule has 0 amide bonds. The van der Waals surface area contributed by atoms with Crippen LogP contribution in [0.4, 0.5) is 0 Å². The topological polar surface area (TPSA) is 27.6 Å². The first-order chi connectivity index (χ1) is 7.24. The molecule has 0 aliphatic rings. The van der Waals surface area contributed by atoms with E-state index >= 15 is 0 Å². The molecule has 0 aromatic carbocycles. The quantitative estimate of drug-likeness (QED) is 0.514. The average molecular weight is 211 g/mol. The first-order valence-corrected chi connectivity index (χ1v) is 5.76. The van der Waals surface area contributed by atoms with Crippen LogP contribution in [0.1, 0.15) is 26.7 Å². The van der Waals surface area contributed by atoms with Crippen molar-refractivity contribution in [3.8, 4) is 0 Å². The van der Waals surface area contributed by atoms with Gasteiger partial charge in [-0.2, -0.15) is 0 Å². The van der Waals surface area contributed by atoms with Crippen molar-refractivity contribution in [2.75, 3.05) is 33.7 Å². The van der Waals surface area contributed by atoms with E-state index in [1.54, 1.807) is 0 Å². The zero-order valence-corrected chi connectivity index (χ0v) is 10.6. The maximum Gasteiger partial charge on any atom is 0.120 e. The highest BCUT2D eigenvalue weighted by atomic mass is 15.1. The van der Waals surface area contributed by atoms with Gasteiger partial charge in [-0.25, -0.2) is 0 Å². The first kappa shape index (κ1) is 14.2. The number of nitrogens with zero attached hydrogens (tertiary/aromatic N) is 2. The van der Waals surface area contributed by atoms with Gasteiger partial charge in [0, 0.05) is 20.1 Å². The van der Waals surface area contributed by atoms with Crippen LogP contribution in [0.15, 0.2) is 17.1 Å². The SMILES string of the molecule is CC=CC(=NC)NCCN(C)CCCC. The molecule has 0 unspecified atom stereocenters. The fraction of sp³-hybridized carbons (Fsp3) is 0.750. The van der Waals surface area contributed by atoms with E-state index in [1.807, 2.05) is 26.1 Å². The summed E-state index contributed by atoms with van der Waals surface area (Å²) in [6.07, 6.45) is 6.53. The van der Waals surface area contributed by atoms with Crippen LogP contribution in [0.25, 0.3) is 0 Å². The zero-order chi connectivity index (χ0) is 11.5. The summed E-state index contributed by atoms with van der Waals surface area (Å²) in [5.74, 6) is 0.960. The third-order valence-electron chi connectivity index (χ3n) is 2.26. The van der Waals surface area contributed by atoms with Gasteiger partial charge in [0.15, 0.2) is 0 Å². The van der Waals surface area contributed by atoms with Crippen LogP contribution >= 0.6 is 0 Å². The first-order valence-electron chi connectivity index (χ1n) is 5.76. The maximum atomic E-state index is 4.14. The van der Waals surface area contributed by atoms with Gasteiger partial charge in [0.25, 0.3) is 0 Å². The summed E-state index contributed by atoms with van der Waals surface area (Å²) >= 11 is 0. The normalized spacial score (nSPS) is 12.7. The van der Waals surface area contributed by atoms with Crippen molar-refractivity contribution in [2.24, 2.45) is 4.99 Å². The summed E-state index contributed by atoms with van der Waals surface area (Å²) in [5, 5.41) is 3.30. The van der Waals surface area contributed by atoms with Crippen molar-refractivity contribution in [2.45, 2.75) is 26.7 Å². The molecule has 0 heterocycles. The molecule has 0 aromatic rings. The largest absolute Gasteiger partial charge is 0.369 e. The number of aliphatic imine (C=N–C) groups is 1. The van der Waals surface area contributed by atoms with Gasteiger partial charge >= 0.3 is 0 Å². The number of nitrogens with one attached hydrogen (secondary N) is 1. The highest BCUT2D eigenvalue weighted by molar-refractivity contribution is 5.92. The molecule has 15 heavy (non-hydrogen) atoms. The second kappa shape index (κ2) is 9.71. The third kappa shape index (κ3) is 8.18. The molecular weight excluding hydrogens is 186 g/mol. The fourth-order valence-electron chi connectivity index (χ4n) is 1.29. The van der Waals surface area contributed by atoms with Crippen LogP contribution in [0, 0.1) is 0 Å². The van der Waals surface area contributed by atoms with E-state index in [1.165, 1.54) is 19.4 Å². The zero-order valence-electron chi connectivity index (χ0n) is 10.6. The Labute approximate surface area is 94.3 Å². The van der Waals surface area contributed by atoms with Gasteiger partial charge in [0.2, 0.25) is 0 Å². The van der Waals surface area contributed by atoms with Crippen LogP contribution in [0.2, 0.25) is 0 Å². The predicted octanol–water partition coefficient (Wildman–Crippen LogP) is 1.91. The van der Waals surface area contributed by atoms with Gasteiger partial charge in [0.05, 0.1) is 0 Å². The molecule has 0 aliphatic heterocycles. The van der Waals surface area contributed by atoms with Crippen LogP contribution in [0.5, 0.6) is 0 Å². The Balaban J connectivity index is 3.59. The molecule has 3 nitrogen and oxygen atoms in total. The minimum atomic E-state index is 0.956. The van der Waals surface area contributed by atoms with Crippen LogP contribution < -0.4 is 5.32 Å². The molecule has 0 spiro atoms. The second-order valence-corrected chi connectivity index (χ2v) is 3.69. The summed E-state index contributed by atoms with van der Waals surface area (Å²) in [7, 11) is 3.97. The molecular formula is C12H25N3. The number of amidine groups is 1. The molecule has 0 fully saturated rings. The Morgan fingerprint density at radius 3 is 2.67 bits per heavy atom. The standard InChI is InChI=1S/C12H25N3/c1-5-7-10-15(4)11-9-14-12(13-3)8-6-2/h6,8H,5,7,9-11H2,1-4H3,(H,13,14). The van der Waals surface area contributed by atoms with Crippen molar-refractivity contribution < 1.29 is 0 Å². The van der Waals surface area contributed by atoms with Crippen LogP contribution in [-0.2, 0) is 0 Å². The molecule has 1 N–H and O–H groups in total. The van der Waals surface area contributed by atoms with E-state index in [4.69, 9.17) is 0 Å². The van der Waals surface area contributed by atoms with Crippen LogP contribution in [-0.4, -0.2) is 44.5 Å². The number of likely N-dealkylation sites (N-methyl/N-ethyl adjacent to an activating group) is 1. The van der Waals surface area contributed by atoms with Crippen molar-refractivity contribution in [3.05, 3.63) is 12.2 Å². The lowest BCUT2D eigenvalue weighted by atomic mass is 10.3. The smallest absolute Gasteiger partial charge is 0.120 e. The van der Waals surface area contributed by atoms with Crippen molar-refractivity contribution in [3.63, 3.8) is 0 Å². The Morgan fingerprint density at radius 1 is 1.40 bits per heavy atom. The van der Waals surface area contributed by atoms with E-state index in [0.29, 0.717) is 0 Å². The molecule has 0 rings (SSSR count). The summed E-state index contributed by atoms with van der Waals surface area (Å²) in [4.78, 5) is 6.48. The van der Waals surface area contributed by atoms with E-state index in [9.17, 15) is 0 Å². The Bertz CT molecular complexity index is 197. The third-order valence-corrected chi connectivity index (χ3v) is 2.26. The molecule has 88 valence electrons. The van der Waals surface area contributed by atoms with E-state index in [2.05, 4.69) is 29.2 Å². The van der Waals surface area contributed by atoms with Crippen molar-refractivity contribution in [1.82, 2.24) is 10.2 Å². The lowest BCUT2D eigenvalue weighted by Gasteiger charge is -2.16. The minimum Gasteiger partial charge on any atom is -0.369 e. The number of unbranched alkanes of at least 4 members (excludes halogenated alkanes) is 1. The fourth-order valence-corrected chi connectivity index (χ4v) is 1.29. The molecule has 0 atom stereocenters. The summed E-state index contributed by atoms with van der Waals surface area (Å²) < 4.78 is 0. The van der Waals surface area contributed by atoms with E-state index in [-0.39, 0.29) is 0 Å². The Kier molecular flexibility index (Phi) is 9.18. The number of hydrogen-bond acceptors (Lipinski definition) is 2. The molecule has 0 radical (unpaired) electrons. The van der Waals surface area contributed by atoms with E-state index in [0.717, 1.165) is 18.9 Å². The predicted molar refractivity (Wildman–Crippen MR) is 68.6 cm³/mol. The van der Waals surface area contributed by atoms with E-state index < -0.39 is 0 Å². The van der Waals surface area contributed by atoms with Gasteiger partial charge in [-0.05, 0) is 33.0 Å². The van der Waals surface area contributed by atoms with Gasteiger partial charge in [0.1, 0.15) is 5.84 Å². The molecule has 0 aliphatic carbocycles. The minimum absolute atomic E-state index is 0.956. The summed E-state index contributed by atoms with van der Waals surface area (Å²) in [6.45, 7) is 7.43. The number of rotatable bonds is 7. The van der Waals surface area contributed by atoms with Crippen molar-refractivity contribution in [1.29, 1.82) is 0 Å². The number of hydrogen-bond donors (Lipinski definition) is 1. The highest BCUT2D eigenvalue weighted by Crippen LogP contribution is 1.90. The van der Waals surface area contributed by atoms with Gasteiger partial charge in [-0.1, -0.05) is 19.4 Å². The second-order valence-electron chi connectivity index (χ2n) is 3.69. The molecule has 0 saturated heterocycles. The van der Waals surface area contributed by atoms with Crippen molar-refractivity contribution >= 4 is 5.84 Å². The van der Waals surface area contributed by atoms with Gasteiger partial charge in [-0.15, -0.1) is 0 Å². The lowest BCUT2D eigenvalue weighted by molar-refractivity contribution is 0.332. The molecule has 0 bridgehead atoms. The maximum absolute atomic E-state index is 4.14. The average Bonchev–Trinajstić information content (AvgIpc) is 2.25. The van der Waals surface area contributed by atoms with Crippen LogP contribution in [0.3, 0.4) is 0 Å². The lowest BCUT2D eigenvalue weighted by Crippen LogP contribution is -2.32. The van der Waals surface area contributed by atoms with Gasteiger partial charge < -0.3 is 10.2 Å². The molecule has 0 saturated carbocycles. The summed E-state index contributed by atoms with van der Waals surface area (Å²) in [5.41, 5.74) is 0.